The number of nitrogens with one attached hydrogen (secondary N) is 1. The molecule has 1 heterocycles. The lowest BCUT2D eigenvalue weighted by molar-refractivity contribution is -0.901. The average Bonchev–Trinajstić information content (AvgIpc) is 2.74. The van der Waals surface area contributed by atoms with Gasteiger partial charge in [0.05, 0.1) is 28.2 Å². The van der Waals surface area contributed by atoms with Gasteiger partial charge in [-0.1, -0.05) is 53.5 Å². The number of rotatable bonds is 4. The Morgan fingerprint density at radius 1 is 0.957 bits per heavy atom. The molecule has 0 spiro atoms. The summed E-state index contributed by atoms with van der Waals surface area (Å²) in [5.74, 6) is -0.646. The minimum absolute atomic E-state index is 0.276. The molecule has 1 N–H and O–H groups in total. The SMILES string of the molecule is C[NH+](Cc1ccccc1)CN1C(=O)c2cc(Cl)c(Cl)cc2C1=O. The van der Waals surface area contributed by atoms with Crippen LogP contribution in [0.15, 0.2) is 42.5 Å². The van der Waals surface area contributed by atoms with Crippen LogP contribution >= 0.6 is 23.2 Å². The molecule has 2 aromatic carbocycles. The van der Waals surface area contributed by atoms with Gasteiger partial charge in [0.2, 0.25) is 0 Å². The highest BCUT2D eigenvalue weighted by molar-refractivity contribution is 6.43. The molecule has 1 atom stereocenters. The Balaban J connectivity index is 1.77. The zero-order valence-corrected chi connectivity index (χ0v) is 14.0. The molecule has 0 aliphatic carbocycles. The van der Waals surface area contributed by atoms with Gasteiger partial charge in [0.1, 0.15) is 6.54 Å². The lowest BCUT2D eigenvalue weighted by Gasteiger charge is -2.20. The normalized spacial score (nSPS) is 15.0. The average molecular weight is 350 g/mol. The fourth-order valence-electron chi connectivity index (χ4n) is 2.70. The van der Waals surface area contributed by atoms with E-state index in [4.69, 9.17) is 23.2 Å². The van der Waals surface area contributed by atoms with Crippen molar-refractivity contribution >= 4 is 35.0 Å². The fraction of sp³-hybridized carbons (Fsp3) is 0.176. The second-order valence-electron chi connectivity index (χ2n) is 5.63. The third-order valence-electron chi connectivity index (χ3n) is 3.79. The van der Waals surface area contributed by atoms with E-state index in [0.29, 0.717) is 11.1 Å². The molecule has 2 aromatic rings. The number of amides is 2. The Morgan fingerprint density at radius 3 is 2.00 bits per heavy atom. The van der Waals surface area contributed by atoms with E-state index >= 15 is 0 Å². The molecular formula is C17H15Cl2N2O2+. The maximum Gasteiger partial charge on any atom is 0.266 e. The van der Waals surface area contributed by atoms with Crippen LogP contribution in [0.3, 0.4) is 0 Å². The third kappa shape index (κ3) is 3.11. The molecule has 0 bridgehead atoms. The zero-order chi connectivity index (χ0) is 16.6. The van der Waals surface area contributed by atoms with Gasteiger partial charge in [-0.25, -0.2) is 4.90 Å². The number of hydrogen-bond donors (Lipinski definition) is 1. The lowest BCUT2D eigenvalue weighted by atomic mass is 10.1. The molecule has 0 aromatic heterocycles. The summed E-state index contributed by atoms with van der Waals surface area (Å²) in [6.45, 7) is 1.01. The number of fused-ring (bicyclic) bond motifs is 1. The van der Waals surface area contributed by atoms with Crippen molar-refractivity contribution in [3.8, 4) is 0 Å². The van der Waals surface area contributed by atoms with Crippen LogP contribution in [0.4, 0.5) is 0 Å². The predicted molar refractivity (Wildman–Crippen MR) is 88.9 cm³/mol. The van der Waals surface area contributed by atoms with Crippen LogP contribution in [0.2, 0.25) is 10.0 Å². The van der Waals surface area contributed by atoms with Crippen molar-refractivity contribution in [1.82, 2.24) is 4.90 Å². The fourth-order valence-corrected chi connectivity index (χ4v) is 3.02. The van der Waals surface area contributed by atoms with Crippen LogP contribution in [0, 0.1) is 0 Å². The maximum absolute atomic E-state index is 12.4. The number of halogens is 2. The molecule has 23 heavy (non-hydrogen) atoms. The summed E-state index contributed by atoms with van der Waals surface area (Å²) in [7, 11) is 1.94. The first-order chi connectivity index (χ1) is 11.0. The van der Waals surface area contributed by atoms with Crippen molar-refractivity contribution in [3.63, 3.8) is 0 Å². The van der Waals surface area contributed by atoms with E-state index in [-0.39, 0.29) is 28.5 Å². The summed E-state index contributed by atoms with van der Waals surface area (Å²) < 4.78 is 0. The van der Waals surface area contributed by atoms with Gasteiger partial charge < -0.3 is 4.90 Å². The quantitative estimate of drug-likeness (QED) is 0.860. The number of carbonyl (C=O) groups excluding carboxylic acids is 2. The standard InChI is InChI=1S/C17H14Cl2N2O2/c1-20(9-11-5-3-2-4-6-11)10-21-16(22)12-7-14(18)15(19)8-13(12)17(21)23/h2-8H,9-10H2,1H3/p+1. The van der Waals surface area contributed by atoms with E-state index in [2.05, 4.69) is 0 Å². The van der Waals surface area contributed by atoms with Crippen LogP contribution in [-0.2, 0) is 6.54 Å². The second kappa shape index (κ2) is 6.32. The topological polar surface area (TPSA) is 41.8 Å². The van der Waals surface area contributed by atoms with Crippen LogP contribution < -0.4 is 4.90 Å². The first-order valence-corrected chi connectivity index (χ1v) is 7.93. The molecule has 6 heteroatoms. The van der Waals surface area contributed by atoms with Crippen LogP contribution in [0.5, 0.6) is 0 Å². The molecule has 3 rings (SSSR count). The first-order valence-electron chi connectivity index (χ1n) is 7.18. The van der Waals surface area contributed by atoms with Crippen molar-refractivity contribution < 1.29 is 14.5 Å². The van der Waals surface area contributed by atoms with Gasteiger partial charge >= 0.3 is 0 Å². The van der Waals surface area contributed by atoms with Gasteiger partial charge in [0.25, 0.3) is 11.8 Å². The Kier molecular flexibility index (Phi) is 4.39. The van der Waals surface area contributed by atoms with Gasteiger partial charge in [0.15, 0.2) is 6.67 Å². The molecule has 1 aliphatic heterocycles. The van der Waals surface area contributed by atoms with Gasteiger partial charge in [-0.05, 0) is 12.1 Å². The highest BCUT2D eigenvalue weighted by Gasteiger charge is 2.38. The van der Waals surface area contributed by atoms with Crippen molar-refractivity contribution in [2.24, 2.45) is 0 Å². The van der Waals surface area contributed by atoms with E-state index in [1.165, 1.54) is 17.0 Å². The zero-order valence-electron chi connectivity index (χ0n) is 12.5. The molecule has 0 saturated carbocycles. The molecular weight excluding hydrogens is 335 g/mol. The number of imide groups is 1. The first kappa shape index (κ1) is 16.0. The molecule has 2 amide bonds. The monoisotopic (exact) mass is 349 g/mol. The molecule has 0 radical (unpaired) electrons. The van der Waals surface area contributed by atoms with Crippen molar-refractivity contribution in [3.05, 3.63) is 69.2 Å². The number of nitrogens with zero attached hydrogens (tertiary/aromatic N) is 1. The highest BCUT2D eigenvalue weighted by atomic mass is 35.5. The number of carbonyl (C=O) groups is 2. The Morgan fingerprint density at radius 2 is 1.48 bits per heavy atom. The van der Waals surface area contributed by atoms with E-state index < -0.39 is 0 Å². The van der Waals surface area contributed by atoms with Crippen molar-refractivity contribution in [2.45, 2.75) is 6.54 Å². The number of quaternary nitrogens is 1. The minimum atomic E-state index is -0.323. The summed E-state index contributed by atoms with van der Waals surface area (Å²) in [5.41, 5.74) is 1.78. The predicted octanol–water partition coefficient (Wildman–Crippen LogP) is 2.26. The van der Waals surface area contributed by atoms with E-state index in [9.17, 15) is 9.59 Å². The van der Waals surface area contributed by atoms with Crippen LogP contribution in [0.25, 0.3) is 0 Å². The molecule has 118 valence electrons. The van der Waals surface area contributed by atoms with Crippen molar-refractivity contribution in [1.29, 1.82) is 0 Å². The largest absolute Gasteiger partial charge is 0.316 e. The Labute approximate surface area is 144 Å². The molecule has 0 fully saturated rings. The minimum Gasteiger partial charge on any atom is -0.316 e. The Bertz CT molecular complexity index is 737. The van der Waals surface area contributed by atoms with Gasteiger partial charge in [0, 0.05) is 5.56 Å². The number of benzene rings is 2. The van der Waals surface area contributed by atoms with Gasteiger partial charge in [-0.2, -0.15) is 0 Å². The summed E-state index contributed by atoms with van der Waals surface area (Å²) in [6.07, 6.45) is 0. The molecule has 0 saturated heterocycles. The molecule has 1 aliphatic rings. The lowest BCUT2D eigenvalue weighted by Crippen LogP contribution is -3.09. The van der Waals surface area contributed by atoms with E-state index in [0.717, 1.165) is 17.0 Å². The van der Waals surface area contributed by atoms with Crippen molar-refractivity contribution in [2.75, 3.05) is 13.7 Å². The van der Waals surface area contributed by atoms with E-state index in [1.54, 1.807) is 0 Å². The van der Waals surface area contributed by atoms with Crippen LogP contribution in [0.1, 0.15) is 26.3 Å². The van der Waals surface area contributed by atoms with Crippen LogP contribution in [-0.4, -0.2) is 30.4 Å². The summed E-state index contributed by atoms with van der Waals surface area (Å²) in [6, 6.07) is 12.9. The third-order valence-corrected chi connectivity index (χ3v) is 4.51. The van der Waals surface area contributed by atoms with Gasteiger partial charge in [-0.15, -0.1) is 0 Å². The molecule has 1 unspecified atom stereocenters. The molecule has 4 nitrogen and oxygen atoms in total. The number of hydrogen-bond acceptors (Lipinski definition) is 2. The van der Waals surface area contributed by atoms with E-state index in [1.807, 2.05) is 37.4 Å². The summed E-state index contributed by atoms with van der Waals surface area (Å²) in [4.78, 5) is 27.2. The second-order valence-corrected chi connectivity index (χ2v) is 6.44. The van der Waals surface area contributed by atoms with Gasteiger partial charge in [-0.3, -0.25) is 9.59 Å². The smallest absolute Gasteiger partial charge is 0.266 e. The Hall–Kier alpha value is -1.88. The summed E-state index contributed by atoms with van der Waals surface area (Å²) >= 11 is 11.9. The highest BCUT2D eigenvalue weighted by Crippen LogP contribution is 2.31. The maximum atomic E-state index is 12.4. The summed E-state index contributed by atoms with van der Waals surface area (Å²) in [5, 5.41) is 0.553.